The van der Waals surface area contributed by atoms with Gasteiger partial charge in [0.1, 0.15) is 11.2 Å². The molecule has 6 heteroatoms. The van der Waals surface area contributed by atoms with Gasteiger partial charge in [-0.3, -0.25) is 0 Å². The molecule has 1 heterocycles. The molecule has 0 aliphatic carbocycles. The topological polar surface area (TPSA) is 68.9 Å². The first-order valence-electron chi connectivity index (χ1n) is 5.93. The normalized spacial score (nSPS) is 12.9. The van der Waals surface area contributed by atoms with Crippen LogP contribution in [0.1, 0.15) is 32.8 Å². The van der Waals surface area contributed by atoms with E-state index in [1.165, 1.54) is 0 Å². The maximum Gasteiger partial charge on any atom is 0.166 e. The highest BCUT2D eigenvalue weighted by Crippen LogP contribution is 2.27. The number of nitrogens with zero attached hydrogens (tertiary/aromatic N) is 2. The quantitative estimate of drug-likeness (QED) is 0.835. The minimum Gasteiger partial charge on any atom is -0.396 e. The molecule has 1 aromatic heterocycles. The fourth-order valence-corrected chi connectivity index (χ4v) is 1.84. The molecule has 4 nitrogen and oxygen atoms in total. The maximum atomic E-state index is 13.8. The van der Waals surface area contributed by atoms with Crippen molar-refractivity contribution in [3.63, 3.8) is 0 Å². The van der Waals surface area contributed by atoms with Crippen LogP contribution in [0, 0.1) is 22.6 Å². The van der Waals surface area contributed by atoms with Gasteiger partial charge < -0.3 is 10.4 Å². The molecule has 0 aliphatic rings. The number of nitriles is 1. The molecule has 1 atom stereocenters. The Morgan fingerprint density at radius 1 is 1.58 bits per heavy atom. The Morgan fingerprint density at radius 2 is 2.21 bits per heavy atom. The number of aliphatic hydroxyl groups excluding tert-OH is 1. The lowest BCUT2D eigenvalue weighted by Crippen LogP contribution is -2.35. The molecular weight excluding hydrogens is 269 g/mol. The number of rotatable bonds is 4. The summed E-state index contributed by atoms with van der Waals surface area (Å²) in [5.41, 5.74) is -0.184. The second-order valence-corrected chi connectivity index (χ2v) is 5.70. The van der Waals surface area contributed by atoms with Crippen LogP contribution in [0.25, 0.3) is 0 Å². The summed E-state index contributed by atoms with van der Waals surface area (Å²) in [6, 6.07) is 2.66. The van der Waals surface area contributed by atoms with E-state index in [0.29, 0.717) is 6.42 Å². The van der Waals surface area contributed by atoms with Crippen LogP contribution in [0.3, 0.4) is 0 Å². The molecule has 0 amide bonds. The minimum absolute atomic E-state index is 0.000756. The number of pyridine rings is 1. The van der Waals surface area contributed by atoms with Crippen LogP contribution >= 0.6 is 11.6 Å². The van der Waals surface area contributed by atoms with E-state index in [1.807, 2.05) is 20.8 Å². The van der Waals surface area contributed by atoms with Gasteiger partial charge in [0.05, 0.1) is 5.56 Å². The molecule has 0 radical (unpaired) electrons. The van der Waals surface area contributed by atoms with Crippen LogP contribution in [0.15, 0.2) is 6.07 Å². The van der Waals surface area contributed by atoms with Gasteiger partial charge in [-0.1, -0.05) is 32.4 Å². The van der Waals surface area contributed by atoms with Crippen molar-refractivity contribution < 1.29 is 9.50 Å². The first-order chi connectivity index (χ1) is 8.79. The summed E-state index contributed by atoms with van der Waals surface area (Å²) in [6.45, 7) is 5.91. The Kier molecular flexibility index (Phi) is 5.10. The van der Waals surface area contributed by atoms with Gasteiger partial charge in [-0.05, 0) is 17.9 Å². The highest BCUT2D eigenvalue weighted by Gasteiger charge is 2.25. The van der Waals surface area contributed by atoms with E-state index in [2.05, 4.69) is 10.3 Å². The number of aliphatic hydroxyl groups is 1. The van der Waals surface area contributed by atoms with Gasteiger partial charge >= 0.3 is 0 Å². The number of nitrogens with one attached hydrogen (secondary N) is 1. The smallest absolute Gasteiger partial charge is 0.166 e. The molecule has 0 saturated heterocycles. The van der Waals surface area contributed by atoms with Crippen molar-refractivity contribution in [2.75, 3.05) is 11.9 Å². The van der Waals surface area contributed by atoms with Crippen LogP contribution < -0.4 is 5.32 Å². The van der Waals surface area contributed by atoms with E-state index < -0.39 is 5.82 Å². The fraction of sp³-hybridized carbons (Fsp3) is 0.538. The van der Waals surface area contributed by atoms with E-state index in [-0.39, 0.29) is 34.6 Å². The fourth-order valence-electron chi connectivity index (χ4n) is 1.66. The Morgan fingerprint density at radius 3 is 2.68 bits per heavy atom. The highest BCUT2D eigenvalue weighted by atomic mass is 35.5. The lowest BCUT2D eigenvalue weighted by Gasteiger charge is -2.31. The molecule has 0 bridgehead atoms. The van der Waals surface area contributed by atoms with Crippen LogP contribution in [-0.2, 0) is 0 Å². The third kappa shape index (κ3) is 4.05. The summed E-state index contributed by atoms with van der Waals surface area (Å²) >= 11 is 5.79. The zero-order valence-electron chi connectivity index (χ0n) is 11.2. The SMILES string of the molecule is CC(C)(C)C(CCO)Nc1nc(Cl)c(C#N)cc1F. The van der Waals surface area contributed by atoms with E-state index >= 15 is 0 Å². The van der Waals surface area contributed by atoms with Crippen molar-refractivity contribution in [3.8, 4) is 6.07 Å². The summed E-state index contributed by atoms with van der Waals surface area (Å²) in [7, 11) is 0. The van der Waals surface area contributed by atoms with Crippen molar-refractivity contribution in [1.82, 2.24) is 4.98 Å². The molecule has 0 saturated carbocycles. The number of halogens is 2. The monoisotopic (exact) mass is 285 g/mol. The van der Waals surface area contributed by atoms with Crippen molar-refractivity contribution in [1.29, 1.82) is 5.26 Å². The summed E-state index contributed by atoms with van der Waals surface area (Å²) in [5, 5.41) is 20.7. The van der Waals surface area contributed by atoms with Gasteiger partial charge in [-0.25, -0.2) is 9.37 Å². The van der Waals surface area contributed by atoms with Gasteiger partial charge in [0.25, 0.3) is 0 Å². The summed E-state index contributed by atoms with van der Waals surface area (Å²) in [5.74, 6) is -0.634. The largest absolute Gasteiger partial charge is 0.396 e. The second-order valence-electron chi connectivity index (χ2n) is 5.34. The lowest BCUT2D eigenvalue weighted by molar-refractivity contribution is 0.234. The Bertz CT molecular complexity index is 494. The van der Waals surface area contributed by atoms with Crippen molar-refractivity contribution >= 4 is 17.4 Å². The lowest BCUT2D eigenvalue weighted by atomic mass is 9.85. The minimum atomic E-state index is -0.631. The predicted octanol–water partition coefficient (Wildman–Crippen LogP) is 2.95. The second kappa shape index (κ2) is 6.18. The average Bonchev–Trinajstić information content (AvgIpc) is 2.31. The van der Waals surface area contributed by atoms with Gasteiger partial charge in [0.15, 0.2) is 11.6 Å². The maximum absolute atomic E-state index is 13.8. The standard InChI is InChI=1S/C13H17ClFN3O/c1-13(2,3)10(4-5-19)17-12-9(15)6-8(7-16)11(14)18-12/h6,10,19H,4-5H2,1-3H3,(H,17,18). The average molecular weight is 286 g/mol. The molecule has 1 unspecified atom stereocenters. The van der Waals surface area contributed by atoms with Gasteiger partial charge in [0.2, 0.25) is 0 Å². The molecule has 0 aliphatic heterocycles. The zero-order valence-corrected chi connectivity index (χ0v) is 11.9. The molecule has 2 N–H and O–H groups in total. The van der Waals surface area contributed by atoms with Gasteiger partial charge in [0, 0.05) is 12.6 Å². The molecule has 19 heavy (non-hydrogen) atoms. The summed E-state index contributed by atoms with van der Waals surface area (Å²) in [6.07, 6.45) is 0.461. The van der Waals surface area contributed by atoms with Crippen molar-refractivity contribution in [2.45, 2.75) is 33.2 Å². The molecule has 1 aromatic rings. The van der Waals surface area contributed by atoms with E-state index in [4.69, 9.17) is 22.0 Å². The molecule has 0 aromatic carbocycles. The van der Waals surface area contributed by atoms with Gasteiger partial charge in [-0.15, -0.1) is 0 Å². The van der Waals surface area contributed by atoms with E-state index in [1.54, 1.807) is 6.07 Å². The van der Waals surface area contributed by atoms with E-state index in [0.717, 1.165) is 6.07 Å². The third-order valence-electron chi connectivity index (χ3n) is 2.82. The van der Waals surface area contributed by atoms with E-state index in [9.17, 15) is 4.39 Å². The number of aromatic nitrogens is 1. The number of hydrogen-bond acceptors (Lipinski definition) is 4. The first kappa shape index (κ1) is 15.7. The summed E-state index contributed by atoms with van der Waals surface area (Å²) in [4.78, 5) is 3.85. The van der Waals surface area contributed by atoms with Crippen LogP contribution in [-0.4, -0.2) is 22.7 Å². The Hall–Kier alpha value is -1.38. The van der Waals surface area contributed by atoms with Crippen LogP contribution in [0.4, 0.5) is 10.2 Å². The van der Waals surface area contributed by atoms with Gasteiger partial charge in [-0.2, -0.15) is 5.26 Å². The Labute approximate surface area is 117 Å². The highest BCUT2D eigenvalue weighted by molar-refractivity contribution is 6.30. The molecule has 0 fully saturated rings. The third-order valence-corrected chi connectivity index (χ3v) is 3.11. The van der Waals surface area contributed by atoms with Crippen LogP contribution in [0.5, 0.6) is 0 Å². The molecule has 0 spiro atoms. The molecule has 104 valence electrons. The van der Waals surface area contributed by atoms with Crippen molar-refractivity contribution in [2.24, 2.45) is 5.41 Å². The summed E-state index contributed by atoms with van der Waals surface area (Å²) < 4.78 is 13.8. The first-order valence-corrected chi connectivity index (χ1v) is 6.31. The number of anilines is 1. The predicted molar refractivity (Wildman–Crippen MR) is 72.5 cm³/mol. The Balaban J connectivity index is 3.04. The van der Waals surface area contributed by atoms with Crippen LogP contribution in [0.2, 0.25) is 5.15 Å². The molecule has 1 rings (SSSR count). The number of hydrogen-bond donors (Lipinski definition) is 2. The van der Waals surface area contributed by atoms with Crippen molar-refractivity contribution in [3.05, 3.63) is 22.6 Å². The zero-order chi connectivity index (χ0) is 14.6. The molecular formula is C13H17ClFN3O.